The van der Waals surface area contributed by atoms with Crippen LogP contribution < -0.4 is 4.90 Å². The summed E-state index contributed by atoms with van der Waals surface area (Å²) in [5.74, 6) is 0. The van der Waals surface area contributed by atoms with Gasteiger partial charge in [-0.25, -0.2) is 8.42 Å². The molecule has 0 atom stereocenters. The average Bonchev–Trinajstić information content (AvgIpc) is 2.69. The highest BCUT2D eigenvalue weighted by atomic mass is 32.2. The molecule has 0 aromatic heterocycles. The zero-order chi connectivity index (χ0) is 20.3. The van der Waals surface area contributed by atoms with Crippen LogP contribution >= 0.6 is 0 Å². The van der Waals surface area contributed by atoms with Gasteiger partial charge in [-0.3, -0.25) is 10.1 Å². The van der Waals surface area contributed by atoms with Crippen LogP contribution in [0, 0.1) is 17.0 Å². The molecule has 2 aromatic carbocycles. The molecule has 0 amide bonds. The van der Waals surface area contributed by atoms with Crippen molar-refractivity contribution in [1.29, 1.82) is 0 Å². The normalized spacial score (nSPS) is 15.0. The quantitative estimate of drug-likeness (QED) is 0.542. The van der Waals surface area contributed by atoms with Gasteiger partial charge in [0, 0.05) is 44.0 Å². The molecule has 1 aliphatic rings. The number of nitro benzene ring substituents is 1. The van der Waals surface area contributed by atoms with Crippen molar-refractivity contribution < 1.29 is 13.3 Å². The number of benzene rings is 2. The molecule has 8 heteroatoms. The van der Waals surface area contributed by atoms with Crippen molar-refractivity contribution in [1.82, 2.24) is 4.31 Å². The van der Waals surface area contributed by atoms with Crippen molar-refractivity contribution in [2.45, 2.75) is 37.6 Å². The van der Waals surface area contributed by atoms with Crippen LogP contribution in [0.25, 0.3) is 0 Å². The Kier molecular flexibility index (Phi) is 6.00. The van der Waals surface area contributed by atoms with E-state index in [2.05, 4.69) is 4.90 Å². The van der Waals surface area contributed by atoms with E-state index >= 15 is 0 Å². The molecule has 0 radical (unpaired) electrons. The molecule has 0 spiro atoms. The topological polar surface area (TPSA) is 83.8 Å². The average molecular weight is 404 g/mol. The fourth-order valence-electron chi connectivity index (χ4n) is 3.43. The van der Waals surface area contributed by atoms with E-state index in [1.807, 2.05) is 24.3 Å². The molecule has 3 rings (SSSR count). The van der Waals surface area contributed by atoms with Gasteiger partial charge in [-0.15, -0.1) is 0 Å². The van der Waals surface area contributed by atoms with Crippen molar-refractivity contribution in [2.75, 3.05) is 25.0 Å². The summed E-state index contributed by atoms with van der Waals surface area (Å²) in [5.41, 5.74) is 2.26. The second-order valence-electron chi connectivity index (χ2n) is 7.18. The highest BCUT2D eigenvalue weighted by Gasteiger charge is 2.24. The number of piperidine rings is 1. The maximum Gasteiger partial charge on any atom is 0.273 e. The minimum Gasteiger partial charge on any atom is -0.372 e. The Bertz CT molecular complexity index is 952. The van der Waals surface area contributed by atoms with Crippen molar-refractivity contribution in [2.24, 2.45) is 0 Å². The van der Waals surface area contributed by atoms with Gasteiger partial charge >= 0.3 is 0 Å². The van der Waals surface area contributed by atoms with Crippen LogP contribution in [0.4, 0.5) is 11.4 Å². The van der Waals surface area contributed by atoms with Crippen LogP contribution in [0.1, 0.15) is 30.4 Å². The number of aryl methyl sites for hydroxylation is 1. The highest BCUT2D eigenvalue weighted by molar-refractivity contribution is 7.89. The summed E-state index contributed by atoms with van der Waals surface area (Å²) < 4.78 is 26.9. The Morgan fingerprint density at radius 2 is 1.71 bits per heavy atom. The molecule has 7 nitrogen and oxygen atoms in total. The van der Waals surface area contributed by atoms with Gasteiger partial charge in [-0.2, -0.15) is 4.31 Å². The van der Waals surface area contributed by atoms with Gasteiger partial charge in [0.25, 0.3) is 5.69 Å². The maximum atomic E-state index is 12.8. The minimum absolute atomic E-state index is 0.0720. The van der Waals surface area contributed by atoms with Gasteiger partial charge in [-0.05, 0) is 49.9 Å². The van der Waals surface area contributed by atoms with Crippen LogP contribution in [0.2, 0.25) is 0 Å². The lowest BCUT2D eigenvalue weighted by Crippen LogP contribution is -2.29. The summed E-state index contributed by atoms with van der Waals surface area (Å²) >= 11 is 0. The van der Waals surface area contributed by atoms with Crippen LogP contribution in [-0.4, -0.2) is 37.8 Å². The van der Waals surface area contributed by atoms with E-state index in [1.54, 1.807) is 6.92 Å². The molecule has 1 aliphatic heterocycles. The lowest BCUT2D eigenvalue weighted by molar-refractivity contribution is -0.385. The fourth-order valence-corrected chi connectivity index (χ4v) is 4.61. The number of hydrogen-bond acceptors (Lipinski definition) is 5. The first-order valence-corrected chi connectivity index (χ1v) is 10.8. The second-order valence-corrected chi connectivity index (χ2v) is 9.23. The second kappa shape index (κ2) is 8.28. The molecule has 150 valence electrons. The Morgan fingerprint density at radius 1 is 1.07 bits per heavy atom. The molecule has 0 bridgehead atoms. The summed E-state index contributed by atoms with van der Waals surface area (Å²) in [7, 11) is -2.34. The van der Waals surface area contributed by atoms with E-state index in [1.165, 1.54) is 42.7 Å². The highest BCUT2D eigenvalue weighted by Crippen LogP contribution is 2.25. The lowest BCUT2D eigenvalue weighted by atomic mass is 10.1. The number of anilines is 1. The fraction of sp³-hybridized carbons (Fsp3) is 0.400. The first-order valence-electron chi connectivity index (χ1n) is 9.34. The molecule has 1 fully saturated rings. The lowest BCUT2D eigenvalue weighted by Gasteiger charge is -2.29. The van der Waals surface area contributed by atoms with E-state index in [0.29, 0.717) is 5.56 Å². The van der Waals surface area contributed by atoms with E-state index in [-0.39, 0.29) is 17.1 Å². The van der Waals surface area contributed by atoms with Gasteiger partial charge in [0.15, 0.2) is 0 Å². The zero-order valence-electron chi connectivity index (χ0n) is 16.2. The summed E-state index contributed by atoms with van der Waals surface area (Å²) in [6.07, 6.45) is 3.67. The molecule has 0 unspecified atom stereocenters. The molecular weight excluding hydrogens is 378 g/mol. The number of hydrogen-bond donors (Lipinski definition) is 0. The van der Waals surface area contributed by atoms with Crippen molar-refractivity contribution in [3.8, 4) is 0 Å². The molecule has 1 saturated heterocycles. The Labute approximate surface area is 165 Å². The van der Waals surface area contributed by atoms with Gasteiger partial charge in [-0.1, -0.05) is 18.2 Å². The largest absolute Gasteiger partial charge is 0.372 e. The van der Waals surface area contributed by atoms with Crippen LogP contribution in [0.3, 0.4) is 0 Å². The van der Waals surface area contributed by atoms with E-state index < -0.39 is 14.9 Å². The third-order valence-corrected chi connectivity index (χ3v) is 6.95. The van der Waals surface area contributed by atoms with Crippen molar-refractivity contribution >= 4 is 21.4 Å². The molecule has 0 N–H and O–H groups in total. The number of nitrogens with zero attached hydrogens (tertiary/aromatic N) is 3. The van der Waals surface area contributed by atoms with Crippen LogP contribution in [0.15, 0.2) is 47.4 Å². The maximum absolute atomic E-state index is 12.8. The monoisotopic (exact) mass is 403 g/mol. The van der Waals surface area contributed by atoms with Crippen LogP contribution in [0.5, 0.6) is 0 Å². The van der Waals surface area contributed by atoms with Gasteiger partial charge < -0.3 is 4.90 Å². The van der Waals surface area contributed by atoms with E-state index in [9.17, 15) is 18.5 Å². The number of rotatable bonds is 6. The van der Waals surface area contributed by atoms with E-state index in [0.717, 1.165) is 30.4 Å². The van der Waals surface area contributed by atoms with Gasteiger partial charge in [0.1, 0.15) is 0 Å². The Hall–Kier alpha value is -2.45. The summed E-state index contributed by atoms with van der Waals surface area (Å²) in [6, 6.07) is 11.9. The van der Waals surface area contributed by atoms with Gasteiger partial charge in [0.05, 0.1) is 9.82 Å². The molecular formula is C20H25N3O4S. The predicted octanol–water partition coefficient (Wildman–Crippen LogP) is 3.71. The third-order valence-electron chi connectivity index (χ3n) is 5.15. The first-order chi connectivity index (χ1) is 13.3. The Balaban J connectivity index is 1.75. The van der Waals surface area contributed by atoms with Crippen molar-refractivity contribution in [3.05, 3.63) is 63.7 Å². The first kappa shape index (κ1) is 20.3. The molecule has 1 heterocycles. The van der Waals surface area contributed by atoms with Crippen molar-refractivity contribution in [3.63, 3.8) is 0 Å². The third kappa shape index (κ3) is 4.34. The summed E-state index contributed by atoms with van der Waals surface area (Å²) in [5, 5.41) is 11.1. The smallest absolute Gasteiger partial charge is 0.273 e. The molecule has 2 aromatic rings. The number of sulfonamides is 1. The standard InChI is InChI=1S/C20H25N3O4S/c1-16-6-11-19(14-20(16)23(24)25)28(26,27)21(2)15-17-7-9-18(10-8-17)22-12-4-3-5-13-22/h6-11,14H,3-5,12-13,15H2,1-2H3. The predicted molar refractivity (Wildman–Crippen MR) is 109 cm³/mol. The SMILES string of the molecule is Cc1ccc(S(=O)(=O)N(C)Cc2ccc(N3CCCCC3)cc2)cc1[N+](=O)[O-]. The zero-order valence-corrected chi connectivity index (χ0v) is 17.0. The molecule has 28 heavy (non-hydrogen) atoms. The Morgan fingerprint density at radius 3 is 2.32 bits per heavy atom. The van der Waals surface area contributed by atoms with Gasteiger partial charge in [0.2, 0.25) is 10.0 Å². The summed E-state index contributed by atoms with van der Waals surface area (Å²) in [6.45, 7) is 3.89. The number of nitro groups is 1. The minimum atomic E-state index is -3.82. The molecule has 0 aliphatic carbocycles. The molecule has 0 saturated carbocycles. The van der Waals surface area contributed by atoms with Crippen LogP contribution in [-0.2, 0) is 16.6 Å². The summed E-state index contributed by atoms with van der Waals surface area (Å²) in [4.78, 5) is 12.8. The van der Waals surface area contributed by atoms with E-state index in [4.69, 9.17) is 0 Å².